The molecule has 5 heteroatoms. The molecular formula is C22H21N3O2. The molecule has 0 spiro atoms. The summed E-state index contributed by atoms with van der Waals surface area (Å²) in [5, 5.41) is 6.07. The lowest BCUT2D eigenvalue weighted by Crippen LogP contribution is -2.23. The lowest BCUT2D eigenvalue weighted by molar-refractivity contribution is 0.0945. The summed E-state index contributed by atoms with van der Waals surface area (Å²) in [4.78, 5) is 27.8. The van der Waals surface area contributed by atoms with E-state index >= 15 is 0 Å². The van der Waals surface area contributed by atoms with Crippen molar-refractivity contribution in [2.75, 3.05) is 5.32 Å². The number of nitrogens with one attached hydrogen (secondary N) is 2. The molecule has 0 aliphatic rings. The first-order valence-electron chi connectivity index (χ1n) is 8.69. The Morgan fingerprint density at radius 3 is 2.33 bits per heavy atom. The van der Waals surface area contributed by atoms with Crippen LogP contribution >= 0.6 is 0 Å². The Morgan fingerprint density at radius 1 is 0.963 bits per heavy atom. The van der Waals surface area contributed by atoms with Gasteiger partial charge in [0.1, 0.15) is 5.69 Å². The van der Waals surface area contributed by atoms with Gasteiger partial charge in [0, 0.05) is 17.8 Å². The number of hydrogen-bond donors (Lipinski definition) is 2. The Kier molecular flexibility index (Phi) is 5.61. The number of aryl methyl sites for hydroxylation is 1. The van der Waals surface area contributed by atoms with Gasteiger partial charge in [0.05, 0.1) is 11.9 Å². The molecule has 0 unspecified atom stereocenters. The molecule has 3 rings (SSSR count). The van der Waals surface area contributed by atoms with Gasteiger partial charge in [0.15, 0.2) is 5.78 Å². The van der Waals surface area contributed by atoms with Gasteiger partial charge in [-0.25, -0.2) is 4.98 Å². The van der Waals surface area contributed by atoms with Crippen LogP contribution in [0.3, 0.4) is 0 Å². The van der Waals surface area contributed by atoms with Crippen LogP contribution in [-0.4, -0.2) is 16.7 Å². The molecule has 0 atom stereocenters. The minimum absolute atomic E-state index is 0.0317. The maximum absolute atomic E-state index is 12.2. The number of nitrogens with zero attached hydrogens (tertiary/aromatic N) is 1. The van der Waals surface area contributed by atoms with Crippen molar-refractivity contribution in [3.05, 3.63) is 89.2 Å². The summed E-state index contributed by atoms with van der Waals surface area (Å²) in [6, 6.07) is 18.7. The highest BCUT2D eigenvalue weighted by Crippen LogP contribution is 2.17. The molecule has 1 heterocycles. The lowest BCUT2D eigenvalue weighted by Gasteiger charge is -2.08. The largest absolute Gasteiger partial charge is 0.354 e. The van der Waals surface area contributed by atoms with Crippen molar-refractivity contribution in [1.82, 2.24) is 10.3 Å². The van der Waals surface area contributed by atoms with E-state index in [1.165, 1.54) is 6.92 Å². The smallest absolute Gasteiger partial charge is 0.270 e. The Morgan fingerprint density at radius 2 is 1.70 bits per heavy atom. The van der Waals surface area contributed by atoms with Gasteiger partial charge < -0.3 is 10.6 Å². The van der Waals surface area contributed by atoms with Crippen molar-refractivity contribution < 1.29 is 9.59 Å². The number of ketones is 1. The molecule has 27 heavy (non-hydrogen) atoms. The molecule has 3 aromatic rings. The summed E-state index contributed by atoms with van der Waals surface area (Å²) in [6.07, 6.45) is 1.61. The molecule has 0 fully saturated rings. The number of anilines is 2. The fraction of sp³-hybridized carbons (Fsp3) is 0.136. The third-order valence-corrected chi connectivity index (χ3v) is 4.11. The van der Waals surface area contributed by atoms with Gasteiger partial charge in [0.25, 0.3) is 5.91 Å². The maximum atomic E-state index is 12.2. The number of hydrogen-bond acceptors (Lipinski definition) is 4. The monoisotopic (exact) mass is 359 g/mol. The van der Waals surface area contributed by atoms with E-state index in [1.807, 2.05) is 43.3 Å². The van der Waals surface area contributed by atoms with E-state index in [-0.39, 0.29) is 11.7 Å². The SMILES string of the molecule is CC(=O)c1ccc(Nc2ccc(C(=O)NCc3cccc(C)c3)nc2)cc1. The number of carbonyl (C=O) groups is 2. The minimum Gasteiger partial charge on any atom is -0.354 e. The highest BCUT2D eigenvalue weighted by atomic mass is 16.1. The van der Waals surface area contributed by atoms with Gasteiger partial charge in [-0.1, -0.05) is 29.8 Å². The third kappa shape index (κ3) is 5.01. The van der Waals surface area contributed by atoms with Gasteiger partial charge in [0.2, 0.25) is 0 Å². The van der Waals surface area contributed by atoms with E-state index in [0.29, 0.717) is 17.8 Å². The summed E-state index contributed by atoms with van der Waals surface area (Å²) in [7, 11) is 0. The summed E-state index contributed by atoms with van der Waals surface area (Å²) in [6.45, 7) is 4.02. The Balaban J connectivity index is 1.59. The van der Waals surface area contributed by atoms with Crippen molar-refractivity contribution in [3.63, 3.8) is 0 Å². The number of carbonyl (C=O) groups excluding carboxylic acids is 2. The van der Waals surface area contributed by atoms with Gasteiger partial charge >= 0.3 is 0 Å². The molecule has 0 bridgehead atoms. The Bertz CT molecular complexity index is 948. The predicted molar refractivity (Wildman–Crippen MR) is 106 cm³/mol. The first-order valence-corrected chi connectivity index (χ1v) is 8.69. The van der Waals surface area contributed by atoms with Crippen molar-refractivity contribution in [2.45, 2.75) is 20.4 Å². The van der Waals surface area contributed by atoms with Crippen LogP contribution in [0.1, 0.15) is 38.9 Å². The average Bonchev–Trinajstić information content (AvgIpc) is 2.67. The quantitative estimate of drug-likeness (QED) is 0.645. The van der Waals surface area contributed by atoms with Crippen LogP contribution in [0.25, 0.3) is 0 Å². The van der Waals surface area contributed by atoms with Gasteiger partial charge in [-0.3, -0.25) is 9.59 Å². The number of rotatable bonds is 6. The molecule has 2 aromatic carbocycles. The average molecular weight is 359 g/mol. The second-order valence-corrected chi connectivity index (χ2v) is 6.36. The first kappa shape index (κ1) is 18.3. The second kappa shape index (κ2) is 8.27. The van der Waals surface area contributed by atoms with Gasteiger partial charge in [-0.2, -0.15) is 0 Å². The van der Waals surface area contributed by atoms with Crippen LogP contribution in [-0.2, 0) is 6.54 Å². The van der Waals surface area contributed by atoms with Crippen molar-refractivity contribution in [2.24, 2.45) is 0 Å². The molecule has 2 N–H and O–H groups in total. The van der Waals surface area contributed by atoms with E-state index in [9.17, 15) is 9.59 Å². The zero-order valence-corrected chi connectivity index (χ0v) is 15.3. The normalized spacial score (nSPS) is 10.3. The number of amides is 1. The van der Waals surface area contributed by atoms with Crippen LogP contribution in [0, 0.1) is 6.92 Å². The van der Waals surface area contributed by atoms with Crippen molar-refractivity contribution >= 4 is 23.1 Å². The maximum Gasteiger partial charge on any atom is 0.270 e. The molecular weight excluding hydrogens is 338 g/mol. The fourth-order valence-electron chi connectivity index (χ4n) is 2.65. The summed E-state index contributed by atoms with van der Waals surface area (Å²) < 4.78 is 0. The highest BCUT2D eigenvalue weighted by molar-refractivity contribution is 5.94. The zero-order chi connectivity index (χ0) is 19.2. The molecule has 136 valence electrons. The minimum atomic E-state index is -0.214. The molecule has 0 aliphatic heterocycles. The first-order chi connectivity index (χ1) is 13.0. The summed E-state index contributed by atoms with van der Waals surface area (Å²) in [5.41, 5.74) is 4.85. The van der Waals surface area contributed by atoms with Crippen LogP contribution in [0.4, 0.5) is 11.4 Å². The number of aromatic nitrogens is 1. The number of pyridine rings is 1. The zero-order valence-electron chi connectivity index (χ0n) is 15.3. The van der Waals surface area contributed by atoms with Gasteiger partial charge in [-0.15, -0.1) is 0 Å². The van der Waals surface area contributed by atoms with Crippen LogP contribution in [0.2, 0.25) is 0 Å². The molecule has 5 nitrogen and oxygen atoms in total. The number of benzene rings is 2. The molecule has 0 aliphatic carbocycles. The molecule has 0 radical (unpaired) electrons. The lowest BCUT2D eigenvalue weighted by atomic mass is 10.1. The van der Waals surface area contributed by atoms with Gasteiger partial charge in [-0.05, 0) is 55.8 Å². The van der Waals surface area contributed by atoms with E-state index in [0.717, 1.165) is 22.5 Å². The second-order valence-electron chi connectivity index (χ2n) is 6.36. The molecule has 0 saturated heterocycles. The molecule has 1 amide bonds. The van der Waals surface area contributed by atoms with E-state index in [4.69, 9.17) is 0 Å². The predicted octanol–water partition coefficient (Wildman–Crippen LogP) is 4.27. The van der Waals surface area contributed by atoms with Crippen LogP contribution in [0.5, 0.6) is 0 Å². The third-order valence-electron chi connectivity index (χ3n) is 4.11. The Hall–Kier alpha value is -3.47. The standard InChI is InChI=1S/C22H21N3O2/c1-15-4-3-5-17(12-15)13-24-22(27)21-11-10-20(14-23-21)25-19-8-6-18(7-9-19)16(2)26/h3-12,14,25H,13H2,1-2H3,(H,24,27). The Labute approximate surface area is 158 Å². The van der Waals surface area contributed by atoms with E-state index in [2.05, 4.69) is 15.6 Å². The summed E-state index contributed by atoms with van der Waals surface area (Å²) >= 11 is 0. The fourth-order valence-corrected chi connectivity index (χ4v) is 2.65. The van der Waals surface area contributed by atoms with Crippen LogP contribution in [0.15, 0.2) is 66.9 Å². The van der Waals surface area contributed by atoms with E-state index < -0.39 is 0 Å². The summed E-state index contributed by atoms with van der Waals surface area (Å²) in [5.74, 6) is -0.182. The molecule has 1 aromatic heterocycles. The van der Waals surface area contributed by atoms with Crippen molar-refractivity contribution in [1.29, 1.82) is 0 Å². The van der Waals surface area contributed by atoms with Crippen LogP contribution < -0.4 is 10.6 Å². The highest BCUT2D eigenvalue weighted by Gasteiger charge is 2.07. The topological polar surface area (TPSA) is 71.1 Å². The van der Waals surface area contributed by atoms with E-state index in [1.54, 1.807) is 30.5 Å². The number of Topliss-reactive ketones (excluding diaryl/α,β-unsaturated/α-hetero) is 1. The molecule has 0 saturated carbocycles. The van der Waals surface area contributed by atoms with Crippen molar-refractivity contribution in [3.8, 4) is 0 Å².